The first-order valence-corrected chi connectivity index (χ1v) is 8.01. The summed E-state index contributed by atoms with van der Waals surface area (Å²) in [6, 6.07) is 0. The molecular formula is C11H11N7OS2. The van der Waals surface area contributed by atoms with E-state index in [1.807, 2.05) is 0 Å². The van der Waals surface area contributed by atoms with E-state index in [0.717, 1.165) is 51.8 Å². The summed E-state index contributed by atoms with van der Waals surface area (Å²) in [4.78, 5) is 10.6. The van der Waals surface area contributed by atoms with Gasteiger partial charge in [0.2, 0.25) is 5.13 Å². The second kappa shape index (κ2) is 5.54. The Labute approximate surface area is 128 Å². The van der Waals surface area contributed by atoms with E-state index < -0.39 is 0 Å². The molecule has 0 spiro atoms. The third kappa shape index (κ3) is 2.57. The van der Waals surface area contributed by atoms with E-state index >= 15 is 0 Å². The third-order valence-electron chi connectivity index (χ3n) is 3.07. The summed E-state index contributed by atoms with van der Waals surface area (Å²) in [5, 5.41) is 18.0. The van der Waals surface area contributed by atoms with Crippen molar-refractivity contribution in [2.45, 2.75) is 9.37 Å². The van der Waals surface area contributed by atoms with Crippen molar-refractivity contribution in [3.63, 3.8) is 0 Å². The van der Waals surface area contributed by atoms with Crippen molar-refractivity contribution in [3.05, 3.63) is 12.5 Å². The van der Waals surface area contributed by atoms with Gasteiger partial charge in [-0.1, -0.05) is 11.3 Å². The van der Waals surface area contributed by atoms with Crippen molar-refractivity contribution in [3.8, 4) is 0 Å². The molecule has 1 saturated heterocycles. The zero-order valence-corrected chi connectivity index (χ0v) is 12.5. The van der Waals surface area contributed by atoms with Gasteiger partial charge in [0.1, 0.15) is 11.4 Å². The van der Waals surface area contributed by atoms with E-state index in [2.05, 4.69) is 35.3 Å². The maximum absolute atomic E-state index is 5.35. The highest BCUT2D eigenvalue weighted by atomic mass is 32.2. The molecule has 0 amide bonds. The minimum absolute atomic E-state index is 0.727. The molecule has 0 aromatic carbocycles. The lowest BCUT2D eigenvalue weighted by atomic mass is 10.4. The number of morpholine rings is 1. The van der Waals surface area contributed by atoms with Gasteiger partial charge < -0.3 is 9.64 Å². The molecule has 3 aromatic rings. The number of nitrogens with zero attached hydrogens (tertiary/aromatic N) is 6. The molecular weight excluding hydrogens is 310 g/mol. The van der Waals surface area contributed by atoms with Crippen LogP contribution in [0.1, 0.15) is 0 Å². The summed E-state index contributed by atoms with van der Waals surface area (Å²) in [6.07, 6.45) is 3.24. The van der Waals surface area contributed by atoms with Gasteiger partial charge in [-0.05, 0) is 11.8 Å². The number of fused-ring (bicyclic) bond motifs is 1. The molecule has 0 radical (unpaired) electrons. The highest BCUT2D eigenvalue weighted by Crippen LogP contribution is 2.34. The van der Waals surface area contributed by atoms with Gasteiger partial charge in [0.15, 0.2) is 9.99 Å². The van der Waals surface area contributed by atoms with E-state index in [1.54, 1.807) is 17.5 Å². The van der Waals surface area contributed by atoms with Crippen LogP contribution in [0.4, 0.5) is 5.13 Å². The molecule has 1 N–H and O–H groups in total. The summed E-state index contributed by atoms with van der Waals surface area (Å²) < 4.78 is 6.20. The first kappa shape index (κ1) is 12.9. The Morgan fingerprint density at radius 1 is 1.24 bits per heavy atom. The van der Waals surface area contributed by atoms with Gasteiger partial charge in [0, 0.05) is 13.1 Å². The van der Waals surface area contributed by atoms with Crippen LogP contribution in [-0.2, 0) is 4.74 Å². The predicted molar refractivity (Wildman–Crippen MR) is 78.7 cm³/mol. The zero-order chi connectivity index (χ0) is 14.1. The minimum Gasteiger partial charge on any atom is -0.378 e. The van der Waals surface area contributed by atoms with Crippen molar-refractivity contribution in [2.75, 3.05) is 31.2 Å². The number of ether oxygens (including phenoxy) is 1. The molecule has 0 unspecified atom stereocenters. The van der Waals surface area contributed by atoms with Gasteiger partial charge in [0.25, 0.3) is 0 Å². The first-order chi connectivity index (χ1) is 10.4. The molecule has 1 aliphatic rings. The fraction of sp³-hybridized carbons (Fsp3) is 0.364. The third-order valence-corrected chi connectivity index (χ3v) is 5.13. The summed E-state index contributed by atoms with van der Waals surface area (Å²) in [7, 11) is 0. The molecule has 108 valence electrons. The number of anilines is 1. The van der Waals surface area contributed by atoms with Crippen LogP contribution in [0.2, 0.25) is 0 Å². The van der Waals surface area contributed by atoms with Crippen LogP contribution in [0.15, 0.2) is 21.9 Å². The summed E-state index contributed by atoms with van der Waals surface area (Å²) >= 11 is 3.05. The number of hydrogen-bond donors (Lipinski definition) is 1. The highest BCUT2D eigenvalue weighted by molar-refractivity contribution is 8.01. The number of aromatic amines is 1. The van der Waals surface area contributed by atoms with Gasteiger partial charge in [0.05, 0.1) is 24.8 Å². The SMILES string of the molecule is c1nc(Sc2nnc(N3CCOCC3)s2)c2cn[nH]c2n1. The Hall–Kier alpha value is -1.78. The van der Waals surface area contributed by atoms with Gasteiger partial charge in [-0.15, -0.1) is 10.2 Å². The Bertz CT molecular complexity index is 752. The van der Waals surface area contributed by atoms with Crippen LogP contribution in [-0.4, -0.2) is 56.7 Å². The molecule has 0 aliphatic carbocycles. The van der Waals surface area contributed by atoms with Gasteiger partial charge >= 0.3 is 0 Å². The van der Waals surface area contributed by atoms with E-state index in [-0.39, 0.29) is 0 Å². The second-order valence-corrected chi connectivity index (χ2v) is 6.56. The average molecular weight is 321 g/mol. The number of hydrogen-bond acceptors (Lipinski definition) is 9. The smallest absolute Gasteiger partial charge is 0.209 e. The molecule has 0 saturated carbocycles. The molecule has 10 heteroatoms. The molecule has 3 aromatic heterocycles. The Morgan fingerprint density at radius 2 is 2.14 bits per heavy atom. The van der Waals surface area contributed by atoms with Crippen LogP contribution in [0.5, 0.6) is 0 Å². The number of aromatic nitrogens is 6. The van der Waals surface area contributed by atoms with Crippen LogP contribution in [0.3, 0.4) is 0 Å². The number of H-pyrrole nitrogens is 1. The predicted octanol–water partition coefficient (Wildman–Crippen LogP) is 1.19. The van der Waals surface area contributed by atoms with Crippen molar-refractivity contribution in [2.24, 2.45) is 0 Å². The standard InChI is InChI=1S/C11H11N7OS2/c1-3-19-4-2-18(1)10-16-17-11(21-10)20-9-7-5-14-15-8(7)12-6-13-9/h5-6H,1-4H2,(H,12,13,14,15). The molecule has 0 bridgehead atoms. The minimum atomic E-state index is 0.727. The van der Waals surface area contributed by atoms with Crippen LogP contribution in [0.25, 0.3) is 11.0 Å². The maximum Gasteiger partial charge on any atom is 0.209 e. The van der Waals surface area contributed by atoms with E-state index in [9.17, 15) is 0 Å². The lowest BCUT2D eigenvalue weighted by molar-refractivity contribution is 0.122. The Kier molecular flexibility index (Phi) is 3.41. The topological polar surface area (TPSA) is 92.7 Å². The first-order valence-electron chi connectivity index (χ1n) is 6.38. The van der Waals surface area contributed by atoms with E-state index in [0.29, 0.717) is 0 Å². The molecule has 4 heterocycles. The molecule has 8 nitrogen and oxygen atoms in total. The fourth-order valence-electron chi connectivity index (χ4n) is 2.03. The van der Waals surface area contributed by atoms with Gasteiger partial charge in [-0.25, -0.2) is 9.97 Å². The largest absolute Gasteiger partial charge is 0.378 e. The van der Waals surface area contributed by atoms with Crippen molar-refractivity contribution < 1.29 is 4.74 Å². The van der Waals surface area contributed by atoms with Crippen LogP contribution >= 0.6 is 23.1 Å². The lowest BCUT2D eigenvalue weighted by Gasteiger charge is -2.25. The van der Waals surface area contributed by atoms with Crippen LogP contribution < -0.4 is 4.90 Å². The Morgan fingerprint density at radius 3 is 3.05 bits per heavy atom. The molecule has 1 fully saturated rings. The molecule has 1 aliphatic heterocycles. The highest BCUT2D eigenvalue weighted by Gasteiger charge is 2.17. The van der Waals surface area contributed by atoms with Crippen molar-refractivity contribution in [1.29, 1.82) is 0 Å². The summed E-state index contributed by atoms with van der Waals surface area (Å²) in [6.45, 7) is 3.20. The monoisotopic (exact) mass is 321 g/mol. The molecule has 21 heavy (non-hydrogen) atoms. The molecule has 0 atom stereocenters. The second-order valence-electron chi connectivity index (χ2n) is 4.36. The Balaban J connectivity index is 1.57. The van der Waals surface area contributed by atoms with Crippen molar-refractivity contribution in [1.82, 2.24) is 30.4 Å². The van der Waals surface area contributed by atoms with Gasteiger partial charge in [-0.2, -0.15) is 5.10 Å². The quantitative estimate of drug-likeness (QED) is 0.719. The molecule has 4 rings (SSSR count). The summed E-state index contributed by atoms with van der Waals surface area (Å²) in [5.41, 5.74) is 0.727. The van der Waals surface area contributed by atoms with E-state index in [1.165, 1.54) is 18.1 Å². The van der Waals surface area contributed by atoms with E-state index in [4.69, 9.17) is 4.74 Å². The summed E-state index contributed by atoms with van der Waals surface area (Å²) in [5.74, 6) is 0. The van der Waals surface area contributed by atoms with Crippen molar-refractivity contribution >= 4 is 39.3 Å². The normalized spacial score (nSPS) is 15.7. The number of rotatable bonds is 3. The average Bonchev–Trinajstić information content (AvgIpc) is 3.17. The maximum atomic E-state index is 5.35. The number of nitrogens with one attached hydrogen (secondary N) is 1. The lowest BCUT2D eigenvalue weighted by Crippen LogP contribution is -2.36. The zero-order valence-electron chi connectivity index (χ0n) is 10.9. The fourth-order valence-corrected chi connectivity index (χ4v) is 3.90. The van der Waals surface area contributed by atoms with Crippen LogP contribution in [0, 0.1) is 0 Å². The van der Waals surface area contributed by atoms with Gasteiger partial charge in [-0.3, -0.25) is 5.10 Å².